The summed E-state index contributed by atoms with van der Waals surface area (Å²) >= 11 is 0. The zero-order valence-corrected chi connectivity index (χ0v) is 36.4. The highest BCUT2D eigenvalue weighted by molar-refractivity contribution is 6.32. The van der Waals surface area contributed by atoms with Gasteiger partial charge in [0.2, 0.25) is 0 Å². The van der Waals surface area contributed by atoms with E-state index in [1.54, 1.807) is 0 Å². The topological polar surface area (TPSA) is 16.4 Å². The van der Waals surface area contributed by atoms with Crippen LogP contribution in [0.15, 0.2) is 205 Å². The van der Waals surface area contributed by atoms with E-state index in [9.17, 15) is 0 Å². The second-order valence-electron chi connectivity index (χ2n) is 18.8. The zero-order chi connectivity index (χ0) is 42.9. The van der Waals surface area contributed by atoms with E-state index in [2.05, 4.69) is 233 Å². The van der Waals surface area contributed by atoms with Crippen LogP contribution in [0.2, 0.25) is 0 Å². The predicted molar refractivity (Wildman–Crippen MR) is 269 cm³/mol. The molecule has 0 saturated heterocycles. The molecule has 0 amide bonds. The molecule has 0 bridgehead atoms. The van der Waals surface area contributed by atoms with E-state index in [-0.39, 0.29) is 10.8 Å². The molecule has 0 saturated carbocycles. The Morgan fingerprint density at radius 2 is 0.812 bits per heavy atom. The second kappa shape index (κ2) is 13.4. The molecule has 10 aromatic carbocycles. The lowest BCUT2D eigenvalue weighted by molar-refractivity contribution is 0.660. The highest BCUT2D eigenvalue weighted by atomic mass is 16.3. The summed E-state index contributed by atoms with van der Waals surface area (Å²) in [6.45, 7) is 9.47. The Hall–Kier alpha value is -7.68. The summed E-state index contributed by atoms with van der Waals surface area (Å²) in [5, 5.41) is 7.08. The average molecular weight is 820 g/mol. The van der Waals surface area contributed by atoms with Gasteiger partial charge in [0, 0.05) is 44.1 Å². The first-order valence-corrected chi connectivity index (χ1v) is 22.5. The summed E-state index contributed by atoms with van der Waals surface area (Å²) in [6, 6.07) is 74.0. The van der Waals surface area contributed by atoms with Crippen molar-refractivity contribution in [2.24, 2.45) is 0 Å². The van der Waals surface area contributed by atoms with Crippen LogP contribution in [0.4, 0.5) is 17.1 Å². The Kier molecular flexibility index (Phi) is 7.74. The van der Waals surface area contributed by atoms with Crippen LogP contribution in [-0.2, 0) is 10.8 Å². The Bertz CT molecular complexity index is 3610. The smallest absolute Gasteiger partial charge is 0.143 e. The third kappa shape index (κ3) is 5.20. The summed E-state index contributed by atoms with van der Waals surface area (Å²) in [5.41, 5.74) is 20.3. The van der Waals surface area contributed by atoms with Gasteiger partial charge in [0.15, 0.2) is 0 Å². The van der Waals surface area contributed by atoms with Crippen LogP contribution < -0.4 is 4.90 Å². The SMILES string of the molecule is CC1(C)c2ccccc2-c2ccc(N(c3ccc(-c4cc(-c5ccccc5)cc5oc6c7ccccc7c7ccccc7c6c45)cc3)c3ccc4c(c3)C(C)(C)c3ccccc3-4)cc21. The van der Waals surface area contributed by atoms with Crippen LogP contribution in [-0.4, -0.2) is 0 Å². The summed E-state index contributed by atoms with van der Waals surface area (Å²) in [6.07, 6.45) is 0. The Balaban J connectivity index is 1.02. The molecule has 64 heavy (non-hydrogen) atoms. The number of furan rings is 1. The number of hydrogen-bond acceptors (Lipinski definition) is 2. The maximum atomic E-state index is 7.02. The van der Waals surface area contributed by atoms with Gasteiger partial charge in [-0.05, 0) is 131 Å². The maximum absolute atomic E-state index is 7.02. The van der Waals surface area contributed by atoms with E-state index < -0.39 is 0 Å². The Morgan fingerprint density at radius 3 is 1.42 bits per heavy atom. The van der Waals surface area contributed by atoms with E-state index in [0.717, 1.165) is 66.6 Å². The quantitative estimate of drug-likeness (QED) is 0.161. The largest absolute Gasteiger partial charge is 0.455 e. The highest BCUT2D eigenvalue weighted by Crippen LogP contribution is 2.54. The Labute approximate surface area is 373 Å². The molecular weight excluding hydrogens is 775 g/mol. The molecule has 2 aliphatic rings. The van der Waals surface area contributed by atoms with Gasteiger partial charge in [-0.3, -0.25) is 0 Å². The first kappa shape index (κ1) is 36.9. The van der Waals surface area contributed by atoms with Crippen LogP contribution in [0.1, 0.15) is 49.9 Å². The molecule has 11 aromatic rings. The summed E-state index contributed by atoms with van der Waals surface area (Å²) in [5.74, 6) is 0. The molecule has 0 fully saturated rings. The number of nitrogens with zero attached hydrogens (tertiary/aromatic N) is 1. The Morgan fingerprint density at radius 1 is 0.328 bits per heavy atom. The molecule has 1 heterocycles. The van der Waals surface area contributed by atoms with Gasteiger partial charge in [0.25, 0.3) is 0 Å². The molecule has 2 heteroatoms. The fraction of sp³-hybridized carbons (Fsp3) is 0.0968. The van der Waals surface area contributed by atoms with Crippen LogP contribution in [0, 0.1) is 0 Å². The maximum Gasteiger partial charge on any atom is 0.143 e. The molecule has 2 nitrogen and oxygen atoms in total. The van der Waals surface area contributed by atoms with Crippen molar-refractivity contribution in [3.05, 3.63) is 222 Å². The van der Waals surface area contributed by atoms with Crippen LogP contribution in [0.3, 0.4) is 0 Å². The van der Waals surface area contributed by atoms with Crippen molar-refractivity contribution in [3.63, 3.8) is 0 Å². The van der Waals surface area contributed by atoms with E-state index in [1.165, 1.54) is 60.7 Å². The fourth-order valence-corrected chi connectivity index (χ4v) is 11.5. The normalized spacial score (nSPS) is 14.2. The number of fused-ring (bicyclic) bond motifs is 14. The molecular formula is C62H45NO. The average Bonchev–Trinajstić information content (AvgIpc) is 3.92. The van der Waals surface area contributed by atoms with Gasteiger partial charge in [-0.1, -0.05) is 179 Å². The zero-order valence-electron chi connectivity index (χ0n) is 36.4. The van der Waals surface area contributed by atoms with E-state index in [0.29, 0.717) is 0 Å². The van der Waals surface area contributed by atoms with Crippen LogP contribution in [0.5, 0.6) is 0 Å². The summed E-state index contributed by atoms with van der Waals surface area (Å²) in [4.78, 5) is 2.46. The lowest BCUT2D eigenvalue weighted by Crippen LogP contribution is -2.18. The van der Waals surface area contributed by atoms with E-state index in [4.69, 9.17) is 4.42 Å². The molecule has 2 aliphatic carbocycles. The third-order valence-electron chi connectivity index (χ3n) is 14.6. The van der Waals surface area contributed by atoms with Crippen molar-refractivity contribution in [2.75, 3.05) is 4.90 Å². The van der Waals surface area contributed by atoms with Crippen molar-refractivity contribution >= 4 is 60.5 Å². The highest BCUT2D eigenvalue weighted by Gasteiger charge is 2.38. The number of benzene rings is 10. The van der Waals surface area contributed by atoms with Crippen molar-refractivity contribution in [3.8, 4) is 44.5 Å². The van der Waals surface area contributed by atoms with Gasteiger partial charge in [-0.15, -0.1) is 0 Å². The van der Waals surface area contributed by atoms with Gasteiger partial charge in [0.1, 0.15) is 11.2 Å². The minimum atomic E-state index is -0.128. The van der Waals surface area contributed by atoms with Gasteiger partial charge in [0.05, 0.1) is 0 Å². The van der Waals surface area contributed by atoms with Gasteiger partial charge in [-0.2, -0.15) is 0 Å². The first-order chi connectivity index (χ1) is 31.3. The molecule has 0 N–H and O–H groups in total. The minimum absolute atomic E-state index is 0.128. The fourth-order valence-electron chi connectivity index (χ4n) is 11.5. The molecule has 1 aromatic heterocycles. The van der Waals surface area contributed by atoms with Crippen LogP contribution in [0.25, 0.3) is 88.0 Å². The summed E-state index contributed by atoms with van der Waals surface area (Å²) < 4.78 is 7.02. The van der Waals surface area contributed by atoms with Crippen molar-refractivity contribution in [1.29, 1.82) is 0 Å². The van der Waals surface area contributed by atoms with Gasteiger partial charge < -0.3 is 9.32 Å². The van der Waals surface area contributed by atoms with E-state index >= 15 is 0 Å². The molecule has 0 spiro atoms. The second-order valence-corrected chi connectivity index (χ2v) is 18.8. The van der Waals surface area contributed by atoms with Gasteiger partial charge in [-0.25, -0.2) is 0 Å². The van der Waals surface area contributed by atoms with Crippen molar-refractivity contribution in [1.82, 2.24) is 0 Å². The lowest BCUT2D eigenvalue weighted by Gasteiger charge is -2.30. The van der Waals surface area contributed by atoms with Gasteiger partial charge >= 0.3 is 0 Å². The standard InChI is InChI=1S/C62H45NO/c1-61(2)53-24-14-12-20-46(53)48-32-30-42(36-55(48)61)63(43-31-33-49-47-21-13-15-25-54(47)62(3,4)56(49)37-43)41-28-26-39(27-29-41)52-34-40(38-16-6-5-7-17-38)35-57-58(52)59-50-22-10-8-18-44(50)45-19-9-11-23-51(45)60(59)64-57/h5-37H,1-4H3. The molecule has 304 valence electrons. The number of rotatable bonds is 5. The number of hydrogen-bond donors (Lipinski definition) is 0. The van der Waals surface area contributed by atoms with E-state index in [1.807, 2.05) is 0 Å². The number of anilines is 3. The summed E-state index contributed by atoms with van der Waals surface area (Å²) in [7, 11) is 0. The molecule has 0 radical (unpaired) electrons. The molecule has 0 aliphatic heterocycles. The molecule has 0 unspecified atom stereocenters. The van der Waals surface area contributed by atoms with Crippen molar-refractivity contribution < 1.29 is 4.42 Å². The molecule has 0 atom stereocenters. The first-order valence-electron chi connectivity index (χ1n) is 22.5. The van der Waals surface area contributed by atoms with Crippen LogP contribution >= 0.6 is 0 Å². The monoisotopic (exact) mass is 819 g/mol. The predicted octanol–water partition coefficient (Wildman–Crippen LogP) is 17.3. The lowest BCUT2D eigenvalue weighted by atomic mass is 9.82. The minimum Gasteiger partial charge on any atom is -0.455 e. The van der Waals surface area contributed by atoms with Crippen molar-refractivity contribution in [2.45, 2.75) is 38.5 Å². The molecule has 13 rings (SSSR count). The third-order valence-corrected chi connectivity index (χ3v) is 14.6.